The van der Waals surface area contributed by atoms with Gasteiger partial charge in [-0.2, -0.15) is 0 Å². The Labute approximate surface area is 115 Å². The highest BCUT2D eigenvalue weighted by Gasteiger charge is 2.26. The molecule has 2 fully saturated rings. The largest absolute Gasteiger partial charge is 0.486 e. The SMILES string of the molecule is CN1CCN(c2ccccc2OC2CN(C)C2)CC1. The van der Waals surface area contributed by atoms with Crippen molar-refractivity contribution in [2.75, 3.05) is 58.3 Å². The van der Waals surface area contributed by atoms with Crippen molar-refractivity contribution < 1.29 is 4.74 Å². The van der Waals surface area contributed by atoms with Crippen LogP contribution in [0.2, 0.25) is 0 Å². The van der Waals surface area contributed by atoms with Gasteiger partial charge in [-0.3, -0.25) is 4.90 Å². The van der Waals surface area contributed by atoms with Crippen LogP contribution < -0.4 is 9.64 Å². The zero-order valence-corrected chi connectivity index (χ0v) is 11.9. The van der Waals surface area contributed by atoms with Gasteiger partial charge >= 0.3 is 0 Å². The molecular formula is C15H23N3O. The van der Waals surface area contributed by atoms with Crippen LogP contribution in [0.25, 0.3) is 0 Å². The van der Waals surface area contributed by atoms with Gasteiger partial charge in [0.1, 0.15) is 11.9 Å². The maximum Gasteiger partial charge on any atom is 0.143 e. The molecular weight excluding hydrogens is 238 g/mol. The second kappa shape index (κ2) is 5.39. The Morgan fingerprint density at radius 1 is 0.947 bits per heavy atom. The first-order chi connectivity index (χ1) is 9.22. The molecule has 0 unspecified atom stereocenters. The second-order valence-electron chi connectivity index (χ2n) is 5.72. The van der Waals surface area contributed by atoms with Gasteiger partial charge < -0.3 is 14.5 Å². The summed E-state index contributed by atoms with van der Waals surface area (Å²) in [6.45, 7) is 6.50. The van der Waals surface area contributed by atoms with E-state index in [1.165, 1.54) is 5.69 Å². The smallest absolute Gasteiger partial charge is 0.143 e. The molecule has 0 bridgehead atoms. The van der Waals surface area contributed by atoms with Gasteiger partial charge in [-0.05, 0) is 26.2 Å². The van der Waals surface area contributed by atoms with Crippen LogP contribution in [0.4, 0.5) is 5.69 Å². The van der Waals surface area contributed by atoms with E-state index < -0.39 is 0 Å². The number of nitrogens with zero attached hydrogens (tertiary/aromatic N) is 3. The molecule has 19 heavy (non-hydrogen) atoms. The highest BCUT2D eigenvalue weighted by molar-refractivity contribution is 5.58. The first-order valence-corrected chi connectivity index (χ1v) is 7.10. The zero-order chi connectivity index (χ0) is 13.2. The minimum Gasteiger partial charge on any atom is -0.486 e. The second-order valence-corrected chi connectivity index (χ2v) is 5.72. The van der Waals surface area contributed by atoms with E-state index in [0.717, 1.165) is 45.0 Å². The Balaban J connectivity index is 1.70. The van der Waals surface area contributed by atoms with E-state index in [1.54, 1.807) is 0 Å². The predicted octanol–water partition coefficient (Wildman–Crippen LogP) is 1.13. The topological polar surface area (TPSA) is 19.0 Å². The van der Waals surface area contributed by atoms with Gasteiger partial charge in [-0.25, -0.2) is 0 Å². The van der Waals surface area contributed by atoms with Crippen LogP contribution in [0.15, 0.2) is 24.3 Å². The zero-order valence-electron chi connectivity index (χ0n) is 11.9. The number of para-hydroxylation sites is 2. The summed E-state index contributed by atoms with van der Waals surface area (Å²) in [4.78, 5) is 7.10. The number of benzene rings is 1. The van der Waals surface area contributed by atoms with Crippen LogP contribution in [0.3, 0.4) is 0 Å². The standard InChI is InChI=1S/C15H23N3O/c1-16-7-9-18(10-8-16)14-5-3-4-6-15(14)19-13-11-17(2)12-13/h3-6,13H,7-12H2,1-2H3. The summed E-state index contributed by atoms with van der Waals surface area (Å²) in [5, 5.41) is 0. The third-order valence-corrected chi connectivity index (χ3v) is 4.03. The van der Waals surface area contributed by atoms with Gasteiger partial charge in [-0.1, -0.05) is 12.1 Å². The molecule has 0 aliphatic carbocycles. The molecule has 0 N–H and O–H groups in total. The van der Waals surface area contributed by atoms with Crippen molar-refractivity contribution in [3.05, 3.63) is 24.3 Å². The number of likely N-dealkylation sites (N-methyl/N-ethyl adjacent to an activating group) is 2. The van der Waals surface area contributed by atoms with E-state index in [4.69, 9.17) is 4.74 Å². The summed E-state index contributed by atoms with van der Waals surface area (Å²) in [5.41, 5.74) is 1.25. The monoisotopic (exact) mass is 261 g/mol. The minimum atomic E-state index is 0.360. The van der Waals surface area contributed by atoms with E-state index in [2.05, 4.69) is 53.1 Å². The third kappa shape index (κ3) is 2.85. The van der Waals surface area contributed by atoms with Crippen molar-refractivity contribution >= 4 is 5.69 Å². The van der Waals surface area contributed by atoms with Crippen molar-refractivity contribution in [3.63, 3.8) is 0 Å². The lowest BCUT2D eigenvalue weighted by Gasteiger charge is -2.38. The molecule has 0 spiro atoms. The van der Waals surface area contributed by atoms with Gasteiger partial charge in [0.2, 0.25) is 0 Å². The number of piperazine rings is 1. The quantitative estimate of drug-likeness (QED) is 0.812. The Bertz CT molecular complexity index is 423. The maximum atomic E-state index is 6.13. The van der Waals surface area contributed by atoms with Crippen molar-refractivity contribution in [3.8, 4) is 5.75 Å². The maximum absolute atomic E-state index is 6.13. The van der Waals surface area contributed by atoms with Gasteiger partial charge in [-0.15, -0.1) is 0 Å². The lowest BCUT2D eigenvalue weighted by Crippen LogP contribution is -2.51. The molecule has 0 radical (unpaired) electrons. The summed E-state index contributed by atoms with van der Waals surface area (Å²) in [6.07, 6.45) is 0.360. The number of ether oxygens (including phenoxy) is 1. The van der Waals surface area contributed by atoms with Crippen LogP contribution in [0.1, 0.15) is 0 Å². The van der Waals surface area contributed by atoms with Gasteiger partial charge in [0.05, 0.1) is 5.69 Å². The van der Waals surface area contributed by atoms with E-state index >= 15 is 0 Å². The molecule has 3 rings (SSSR count). The number of rotatable bonds is 3. The van der Waals surface area contributed by atoms with Crippen LogP contribution in [0, 0.1) is 0 Å². The Hall–Kier alpha value is -1.26. The Kier molecular flexibility index (Phi) is 3.62. The normalized spacial score (nSPS) is 22.3. The average Bonchev–Trinajstić information content (AvgIpc) is 2.39. The molecule has 4 nitrogen and oxygen atoms in total. The fraction of sp³-hybridized carbons (Fsp3) is 0.600. The summed E-state index contributed by atoms with van der Waals surface area (Å²) in [5.74, 6) is 1.05. The molecule has 4 heteroatoms. The predicted molar refractivity (Wildman–Crippen MR) is 78.1 cm³/mol. The Morgan fingerprint density at radius 3 is 2.32 bits per heavy atom. The third-order valence-electron chi connectivity index (χ3n) is 4.03. The molecule has 2 saturated heterocycles. The van der Waals surface area contributed by atoms with Gasteiger partial charge in [0, 0.05) is 39.3 Å². The van der Waals surface area contributed by atoms with Crippen LogP contribution >= 0.6 is 0 Å². The molecule has 0 aromatic heterocycles. The van der Waals surface area contributed by atoms with Crippen molar-refractivity contribution in [1.82, 2.24) is 9.80 Å². The summed E-state index contributed by atoms with van der Waals surface area (Å²) >= 11 is 0. The number of likely N-dealkylation sites (tertiary alicyclic amines) is 1. The van der Waals surface area contributed by atoms with Crippen LogP contribution in [-0.4, -0.2) is 69.3 Å². The fourth-order valence-electron chi connectivity index (χ4n) is 2.76. The van der Waals surface area contributed by atoms with E-state index in [-0.39, 0.29) is 0 Å². The van der Waals surface area contributed by atoms with Crippen molar-refractivity contribution in [2.45, 2.75) is 6.10 Å². The number of hydrogen-bond donors (Lipinski definition) is 0. The molecule has 2 heterocycles. The van der Waals surface area contributed by atoms with E-state index in [9.17, 15) is 0 Å². The fourth-order valence-corrected chi connectivity index (χ4v) is 2.76. The highest BCUT2D eigenvalue weighted by atomic mass is 16.5. The van der Waals surface area contributed by atoms with E-state index in [0.29, 0.717) is 6.10 Å². The molecule has 0 saturated carbocycles. The lowest BCUT2D eigenvalue weighted by atomic mass is 10.2. The molecule has 0 amide bonds. The van der Waals surface area contributed by atoms with Gasteiger partial charge in [0.25, 0.3) is 0 Å². The lowest BCUT2D eigenvalue weighted by molar-refractivity contribution is 0.0391. The minimum absolute atomic E-state index is 0.360. The van der Waals surface area contributed by atoms with Crippen LogP contribution in [-0.2, 0) is 0 Å². The number of anilines is 1. The van der Waals surface area contributed by atoms with Gasteiger partial charge in [0.15, 0.2) is 0 Å². The summed E-state index contributed by atoms with van der Waals surface area (Å²) in [6, 6.07) is 8.46. The van der Waals surface area contributed by atoms with Crippen molar-refractivity contribution in [1.29, 1.82) is 0 Å². The van der Waals surface area contributed by atoms with Crippen molar-refractivity contribution in [2.24, 2.45) is 0 Å². The molecule has 2 aliphatic rings. The Morgan fingerprint density at radius 2 is 1.63 bits per heavy atom. The summed E-state index contributed by atoms with van der Waals surface area (Å²) < 4.78 is 6.13. The molecule has 0 atom stereocenters. The number of hydrogen-bond acceptors (Lipinski definition) is 4. The first-order valence-electron chi connectivity index (χ1n) is 7.10. The average molecular weight is 261 g/mol. The highest BCUT2D eigenvalue weighted by Crippen LogP contribution is 2.30. The van der Waals surface area contributed by atoms with E-state index in [1.807, 2.05) is 0 Å². The molecule has 104 valence electrons. The molecule has 2 aliphatic heterocycles. The summed E-state index contributed by atoms with van der Waals surface area (Å²) in [7, 11) is 4.32. The molecule has 1 aromatic carbocycles. The van der Waals surface area contributed by atoms with Crippen LogP contribution in [0.5, 0.6) is 5.75 Å². The molecule has 1 aromatic rings. The first kappa shape index (κ1) is 12.8.